The molecule has 7 nitrogen and oxygen atoms in total. The van der Waals surface area contributed by atoms with Gasteiger partial charge < -0.3 is 9.84 Å². The van der Waals surface area contributed by atoms with E-state index in [0.29, 0.717) is 26.3 Å². The minimum Gasteiger partial charge on any atom is -0.504 e. The number of amides is 1. The van der Waals surface area contributed by atoms with Crippen molar-refractivity contribution in [1.82, 2.24) is 9.36 Å². The Morgan fingerprint density at radius 3 is 2.53 bits per heavy atom. The highest BCUT2D eigenvalue weighted by Gasteiger charge is 2.37. The molecule has 1 saturated heterocycles. The number of aromatic hydroxyl groups is 1. The van der Waals surface area contributed by atoms with E-state index < -0.39 is 0 Å². The van der Waals surface area contributed by atoms with Gasteiger partial charge in [0.25, 0.3) is 11.5 Å². The van der Waals surface area contributed by atoms with Crippen LogP contribution in [0, 0.1) is 6.92 Å². The summed E-state index contributed by atoms with van der Waals surface area (Å²) in [5.41, 5.74) is 1.83. The van der Waals surface area contributed by atoms with Gasteiger partial charge in [0.05, 0.1) is 23.4 Å². The van der Waals surface area contributed by atoms with E-state index in [1.807, 2.05) is 30.3 Å². The van der Waals surface area contributed by atoms with Crippen LogP contribution in [0.3, 0.4) is 0 Å². The molecule has 2 aromatic carbocycles. The fourth-order valence-electron chi connectivity index (χ4n) is 3.45. The normalized spacial score (nSPS) is 15.1. The van der Waals surface area contributed by atoms with E-state index in [-0.39, 0.29) is 33.0 Å². The molecule has 1 aliphatic heterocycles. The Labute approximate surface area is 202 Å². The van der Waals surface area contributed by atoms with Gasteiger partial charge in [-0.15, -0.1) is 0 Å². The van der Waals surface area contributed by atoms with Gasteiger partial charge >= 0.3 is 0 Å². The van der Waals surface area contributed by atoms with Crippen molar-refractivity contribution in [3.63, 3.8) is 0 Å². The van der Waals surface area contributed by atoms with Crippen LogP contribution in [0.5, 0.6) is 11.5 Å². The lowest BCUT2D eigenvalue weighted by Gasteiger charge is -2.12. The molecule has 0 spiro atoms. The lowest BCUT2D eigenvalue weighted by atomic mass is 10.2. The molecule has 1 fully saturated rings. The Morgan fingerprint density at radius 2 is 1.88 bits per heavy atom. The lowest BCUT2D eigenvalue weighted by molar-refractivity contribution is -0.113. The molecule has 32 heavy (non-hydrogen) atoms. The maximum atomic E-state index is 13.3. The van der Waals surface area contributed by atoms with Crippen molar-refractivity contribution >= 4 is 61.9 Å². The number of anilines is 1. The largest absolute Gasteiger partial charge is 0.504 e. The number of hydrogen-bond acceptors (Lipinski definition) is 6. The molecule has 0 atom stereocenters. The maximum absolute atomic E-state index is 13.3. The number of rotatable bonds is 4. The molecule has 1 N–H and O–H groups in total. The minimum atomic E-state index is -0.384. The van der Waals surface area contributed by atoms with Crippen LogP contribution in [-0.2, 0) is 11.8 Å². The number of hydrogen-bond donors (Lipinski definition) is 1. The number of aromatic nitrogens is 2. The molecule has 0 bridgehead atoms. The highest BCUT2D eigenvalue weighted by atomic mass is 79.9. The summed E-state index contributed by atoms with van der Waals surface area (Å²) >= 11 is 9.98. The highest BCUT2D eigenvalue weighted by Crippen LogP contribution is 2.39. The van der Waals surface area contributed by atoms with E-state index in [1.165, 1.54) is 22.8 Å². The van der Waals surface area contributed by atoms with E-state index in [1.54, 1.807) is 30.8 Å². The Kier molecular flexibility index (Phi) is 6.02. The molecule has 1 amide bonds. The molecule has 2 heterocycles. The number of carbonyl (C=O) groups is 1. The number of methoxy groups -OCH3 is 1. The van der Waals surface area contributed by atoms with E-state index in [0.717, 1.165) is 11.8 Å². The predicted molar refractivity (Wildman–Crippen MR) is 134 cm³/mol. The summed E-state index contributed by atoms with van der Waals surface area (Å²) in [5.74, 6) is -0.130. The van der Waals surface area contributed by atoms with Crippen molar-refractivity contribution in [2.45, 2.75) is 6.92 Å². The number of thioether (sulfide) groups is 1. The molecule has 164 valence electrons. The van der Waals surface area contributed by atoms with Gasteiger partial charge in [0, 0.05) is 11.5 Å². The zero-order chi connectivity index (χ0) is 23.2. The first kappa shape index (κ1) is 22.4. The van der Waals surface area contributed by atoms with Crippen molar-refractivity contribution in [2.24, 2.45) is 7.05 Å². The molecule has 0 radical (unpaired) electrons. The van der Waals surface area contributed by atoms with Gasteiger partial charge in [-0.3, -0.25) is 19.2 Å². The number of para-hydroxylation sites is 1. The number of benzene rings is 2. The molecule has 4 rings (SSSR count). The summed E-state index contributed by atoms with van der Waals surface area (Å²) in [4.78, 5) is 28.3. The fourth-order valence-corrected chi connectivity index (χ4v) is 5.15. The molecule has 10 heteroatoms. The standard InChI is InChI=1S/C22H18BrN3O4S2/c1-12-19(21(29)26(24(12)2)14-7-5-4-6-8-14)25-20(28)18(32-22(25)31)10-13-9-17(30-3)16(27)11-15(13)23/h4-11,27H,1-3H3/b18-10-. The van der Waals surface area contributed by atoms with E-state index in [2.05, 4.69) is 15.9 Å². The number of thiocarbonyl (C=S) groups is 1. The number of nitrogens with zero attached hydrogens (tertiary/aromatic N) is 3. The van der Waals surface area contributed by atoms with Gasteiger partial charge in [-0.25, -0.2) is 4.68 Å². The van der Waals surface area contributed by atoms with Crippen LogP contribution in [0.1, 0.15) is 11.3 Å². The summed E-state index contributed by atoms with van der Waals surface area (Å²) in [5, 5.41) is 9.93. The second kappa shape index (κ2) is 8.61. The van der Waals surface area contributed by atoms with Crippen LogP contribution >= 0.6 is 39.9 Å². The summed E-state index contributed by atoms with van der Waals surface area (Å²) in [6, 6.07) is 12.3. The first-order valence-corrected chi connectivity index (χ1v) is 11.4. The quantitative estimate of drug-likeness (QED) is 0.398. The van der Waals surface area contributed by atoms with Gasteiger partial charge in [-0.2, -0.15) is 0 Å². The van der Waals surface area contributed by atoms with Crippen molar-refractivity contribution < 1.29 is 14.6 Å². The zero-order valence-electron chi connectivity index (χ0n) is 17.3. The van der Waals surface area contributed by atoms with Crippen molar-refractivity contribution in [3.8, 4) is 17.2 Å². The summed E-state index contributed by atoms with van der Waals surface area (Å²) in [6.45, 7) is 1.78. The Bertz CT molecular complexity index is 1350. The van der Waals surface area contributed by atoms with Gasteiger partial charge in [0.2, 0.25) is 0 Å². The van der Waals surface area contributed by atoms with Crippen LogP contribution in [0.4, 0.5) is 5.69 Å². The second-order valence-electron chi connectivity index (χ2n) is 6.97. The Balaban J connectivity index is 1.79. The van der Waals surface area contributed by atoms with Crippen LogP contribution in [0.15, 0.2) is 56.6 Å². The minimum absolute atomic E-state index is 0.0227. The number of ether oxygens (including phenoxy) is 1. The fraction of sp³-hybridized carbons (Fsp3) is 0.136. The Hall–Kier alpha value is -2.82. The van der Waals surface area contributed by atoms with Gasteiger partial charge in [-0.1, -0.05) is 58.1 Å². The first-order chi connectivity index (χ1) is 15.2. The van der Waals surface area contributed by atoms with Gasteiger partial charge in [-0.05, 0) is 42.8 Å². The number of phenolic OH excluding ortho intramolecular Hbond substituents is 1. The second-order valence-corrected chi connectivity index (χ2v) is 9.50. The Morgan fingerprint density at radius 1 is 1.19 bits per heavy atom. The molecule has 3 aromatic rings. The van der Waals surface area contributed by atoms with Crippen molar-refractivity contribution in [1.29, 1.82) is 0 Å². The number of carbonyl (C=O) groups excluding carboxylic acids is 1. The third kappa shape index (κ3) is 3.68. The number of phenols is 1. The average molecular weight is 532 g/mol. The van der Waals surface area contributed by atoms with Crippen LogP contribution in [0.25, 0.3) is 11.8 Å². The van der Waals surface area contributed by atoms with Gasteiger partial charge in [0.15, 0.2) is 15.8 Å². The van der Waals surface area contributed by atoms with Crippen molar-refractivity contribution in [2.75, 3.05) is 12.0 Å². The zero-order valence-corrected chi connectivity index (χ0v) is 20.5. The molecular formula is C22H18BrN3O4S2. The summed E-state index contributed by atoms with van der Waals surface area (Å²) in [6.07, 6.45) is 1.65. The highest BCUT2D eigenvalue weighted by molar-refractivity contribution is 9.10. The third-order valence-corrected chi connectivity index (χ3v) is 7.11. The molecular weight excluding hydrogens is 514 g/mol. The third-order valence-electron chi connectivity index (χ3n) is 5.13. The average Bonchev–Trinajstić information content (AvgIpc) is 3.15. The lowest BCUT2D eigenvalue weighted by Crippen LogP contribution is -2.33. The summed E-state index contributed by atoms with van der Waals surface area (Å²) < 4.78 is 9.23. The smallest absolute Gasteiger partial charge is 0.296 e. The summed E-state index contributed by atoms with van der Waals surface area (Å²) in [7, 11) is 3.21. The molecule has 1 aromatic heterocycles. The molecule has 0 saturated carbocycles. The molecule has 1 aliphatic rings. The molecule has 0 unspecified atom stereocenters. The van der Waals surface area contributed by atoms with Crippen LogP contribution in [0.2, 0.25) is 0 Å². The van der Waals surface area contributed by atoms with Gasteiger partial charge in [0.1, 0.15) is 5.69 Å². The number of halogens is 1. The SMILES string of the molecule is COc1cc(/C=C2\SC(=S)N(c3c(C)n(C)n(-c4ccccc4)c3=O)C2=O)c(Br)cc1O. The first-order valence-electron chi connectivity index (χ1n) is 9.43. The van der Waals surface area contributed by atoms with E-state index in [4.69, 9.17) is 17.0 Å². The van der Waals surface area contributed by atoms with E-state index in [9.17, 15) is 14.7 Å². The topological polar surface area (TPSA) is 76.7 Å². The monoisotopic (exact) mass is 531 g/mol. The van der Waals surface area contributed by atoms with E-state index >= 15 is 0 Å². The molecule has 0 aliphatic carbocycles. The van der Waals surface area contributed by atoms with Crippen LogP contribution in [-0.4, -0.2) is 31.8 Å². The van der Waals surface area contributed by atoms with Crippen LogP contribution < -0.4 is 15.2 Å². The maximum Gasteiger partial charge on any atom is 0.296 e. The predicted octanol–water partition coefficient (Wildman–Crippen LogP) is 4.37. The van der Waals surface area contributed by atoms with Crippen molar-refractivity contribution in [3.05, 3.63) is 73.5 Å².